The second-order valence-electron chi connectivity index (χ2n) is 6.65. The van der Waals surface area contributed by atoms with Crippen molar-refractivity contribution >= 4 is 29.2 Å². The second kappa shape index (κ2) is 11.0. The van der Waals surface area contributed by atoms with E-state index in [1.165, 1.54) is 42.6 Å². The van der Waals surface area contributed by atoms with Gasteiger partial charge in [0.15, 0.2) is 12.4 Å². The summed E-state index contributed by atoms with van der Waals surface area (Å²) in [5.74, 6) is -0.762. The van der Waals surface area contributed by atoms with Crippen molar-refractivity contribution in [2.24, 2.45) is 5.10 Å². The molecule has 0 aromatic heterocycles. The largest absolute Gasteiger partial charge is 0.477 e. The number of hydrogen-bond acceptors (Lipinski definition) is 10. The number of nitro groups is 3. The van der Waals surface area contributed by atoms with E-state index in [1.807, 2.05) is 0 Å². The fourth-order valence-corrected chi connectivity index (χ4v) is 2.72. The molecule has 0 atom stereocenters. The van der Waals surface area contributed by atoms with Gasteiger partial charge in [-0.3, -0.25) is 35.1 Å². The van der Waals surface area contributed by atoms with Crippen molar-refractivity contribution < 1.29 is 29.0 Å². The van der Waals surface area contributed by atoms with Gasteiger partial charge < -0.3 is 9.47 Å². The molecule has 1 N–H and O–H groups in total. The van der Waals surface area contributed by atoms with E-state index in [1.54, 1.807) is 12.1 Å². The van der Waals surface area contributed by atoms with Crippen molar-refractivity contribution in [3.63, 3.8) is 0 Å². The molecule has 0 unspecified atom stereocenters. The van der Waals surface area contributed by atoms with Crippen LogP contribution in [0.5, 0.6) is 17.2 Å². The molecule has 35 heavy (non-hydrogen) atoms. The molecular formula is C21H15N5O9. The van der Waals surface area contributed by atoms with Gasteiger partial charge in [0.25, 0.3) is 11.6 Å². The molecular weight excluding hydrogens is 466 g/mol. The van der Waals surface area contributed by atoms with Crippen molar-refractivity contribution in [3.05, 3.63) is 103 Å². The minimum absolute atomic E-state index is 0.0678. The molecule has 14 heteroatoms. The minimum atomic E-state index is -0.796. The first kappa shape index (κ1) is 24.2. The number of nitrogens with zero attached hydrogens (tertiary/aromatic N) is 4. The summed E-state index contributed by atoms with van der Waals surface area (Å²) in [6, 6.07) is 14.7. The van der Waals surface area contributed by atoms with Crippen molar-refractivity contribution in [1.82, 2.24) is 5.43 Å². The zero-order valence-electron chi connectivity index (χ0n) is 17.6. The Morgan fingerprint density at radius 2 is 1.60 bits per heavy atom. The predicted octanol–water partition coefficient (Wildman–Crippen LogP) is 3.73. The molecule has 0 saturated heterocycles. The number of carbonyl (C=O) groups is 1. The highest BCUT2D eigenvalue weighted by atomic mass is 16.6. The van der Waals surface area contributed by atoms with Crippen LogP contribution in [0.2, 0.25) is 0 Å². The van der Waals surface area contributed by atoms with Gasteiger partial charge in [0.05, 0.1) is 27.1 Å². The van der Waals surface area contributed by atoms with Gasteiger partial charge >= 0.3 is 11.4 Å². The zero-order valence-corrected chi connectivity index (χ0v) is 17.6. The van der Waals surface area contributed by atoms with Crippen LogP contribution in [0, 0.1) is 30.3 Å². The first-order chi connectivity index (χ1) is 16.7. The summed E-state index contributed by atoms with van der Waals surface area (Å²) in [6.45, 7) is -0.519. The second-order valence-corrected chi connectivity index (χ2v) is 6.65. The molecule has 0 saturated carbocycles. The zero-order chi connectivity index (χ0) is 25.4. The quantitative estimate of drug-likeness (QED) is 0.255. The van der Waals surface area contributed by atoms with Crippen LogP contribution >= 0.6 is 0 Å². The minimum Gasteiger partial charge on any atom is -0.477 e. The maximum atomic E-state index is 11.9. The normalized spacial score (nSPS) is 10.5. The number of nitro benzene ring substituents is 3. The number of para-hydroxylation sites is 2. The number of benzene rings is 3. The van der Waals surface area contributed by atoms with Crippen molar-refractivity contribution in [3.8, 4) is 17.2 Å². The number of non-ortho nitro benzene ring substituents is 1. The third-order valence-electron chi connectivity index (χ3n) is 4.26. The highest BCUT2D eigenvalue weighted by Crippen LogP contribution is 2.34. The number of carbonyl (C=O) groups excluding carboxylic acids is 1. The molecule has 178 valence electrons. The Morgan fingerprint density at radius 1 is 0.857 bits per heavy atom. The third-order valence-corrected chi connectivity index (χ3v) is 4.26. The summed E-state index contributed by atoms with van der Waals surface area (Å²) in [7, 11) is 0. The van der Waals surface area contributed by atoms with E-state index in [0.29, 0.717) is 5.56 Å². The number of amides is 1. The Morgan fingerprint density at radius 3 is 2.31 bits per heavy atom. The summed E-state index contributed by atoms with van der Waals surface area (Å²) in [5, 5.41) is 36.8. The van der Waals surface area contributed by atoms with Crippen LogP contribution in [0.4, 0.5) is 17.1 Å². The van der Waals surface area contributed by atoms with Crippen molar-refractivity contribution in [1.29, 1.82) is 0 Å². The smallest absolute Gasteiger partial charge is 0.318 e. The molecule has 1 amide bonds. The molecule has 3 aromatic carbocycles. The highest BCUT2D eigenvalue weighted by molar-refractivity contribution is 5.83. The number of nitrogens with one attached hydrogen (secondary N) is 1. The molecule has 0 radical (unpaired) electrons. The lowest BCUT2D eigenvalue weighted by atomic mass is 10.2. The maximum absolute atomic E-state index is 11.9. The molecule has 3 aromatic rings. The lowest BCUT2D eigenvalue weighted by molar-refractivity contribution is -0.394. The van der Waals surface area contributed by atoms with Gasteiger partial charge in [-0.15, -0.1) is 0 Å². The Balaban J connectivity index is 1.62. The maximum Gasteiger partial charge on any atom is 0.318 e. The van der Waals surface area contributed by atoms with Crippen LogP contribution in [-0.2, 0) is 4.79 Å². The summed E-state index contributed by atoms with van der Waals surface area (Å²) in [5.41, 5.74) is 1.34. The number of hydrogen-bond donors (Lipinski definition) is 1. The summed E-state index contributed by atoms with van der Waals surface area (Å²) < 4.78 is 10.7. The van der Waals surface area contributed by atoms with Gasteiger partial charge in [-0.1, -0.05) is 24.3 Å². The SMILES string of the molecule is O=C(COc1ccccc1[N+](=O)[O-])N/N=C/c1cccc(Oc2ccc([N+](=O)[O-])cc2[N+](=O)[O-])c1. The van der Waals surface area contributed by atoms with E-state index >= 15 is 0 Å². The van der Waals surface area contributed by atoms with E-state index < -0.39 is 38.7 Å². The van der Waals surface area contributed by atoms with Crippen LogP contribution in [0.1, 0.15) is 5.56 Å². The molecule has 0 aliphatic rings. The van der Waals surface area contributed by atoms with Gasteiger partial charge in [-0.2, -0.15) is 5.10 Å². The molecule has 0 spiro atoms. The Bertz CT molecular complexity index is 1330. The number of rotatable bonds is 10. The topological polar surface area (TPSA) is 189 Å². The Kier molecular flexibility index (Phi) is 7.59. The van der Waals surface area contributed by atoms with Crippen LogP contribution < -0.4 is 14.9 Å². The van der Waals surface area contributed by atoms with Gasteiger partial charge in [-0.25, -0.2) is 5.43 Å². The highest BCUT2D eigenvalue weighted by Gasteiger charge is 2.21. The summed E-state index contributed by atoms with van der Waals surface area (Å²) >= 11 is 0. The van der Waals surface area contributed by atoms with Gasteiger partial charge in [0.2, 0.25) is 5.75 Å². The molecule has 0 heterocycles. The molecule has 0 bridgehead atoms. The van der Waals surface area contributed by atoms with E-state index in [9.17, 15) is 35.1 Å². The molecule has 3 rings (SSSR count). The molecule has 14 nitrogen and oxygen atoms in total. The van der Waals surface area contributed by atoms with Crippen LogP contribution in [-0.4, -0.2) is 33.5 Å². The Hall–Kier alpha value is -5.40. The predicted molar refractivity (Wildman–Crippen MR) is 121 cm³/mol. The van der Waals surface area contributed by atoms with E-state index in [0.717, 1.165) is 18.2 Å². The fraction of sp³-hybridized carbons (Fsp3) is 0.0476. The first-order valence-corrected chi connectivity index (χ1v) is 9.63. The van der Waals surface area contributed by atoms with E-state index in [2.05, 4.69) is 10.5 Å². The first-order valence-electron chi connectivity index (χ1n) is 9.63. The van der Waals surface area contributed by atoms with Crippen LogP contribution in [0.3, 0.4) is 0 Å². The van der Waals surface area contributed by atoms with Crippen LogP contribution in [0.25, 0.3) is 0 Å². The summed E-state index contributed by atoms with van der Waals surface area (Å²) in [6.07, 6.45) is 1.26. The molecule has 0 fully saturated rings. The lowest BCUT2D eigenvalue weighted by Gasteiger charge is -2.07. The molecule has 0 aliphatic carbocycles. The fourth-order valence-electron chi connectivity index (χ4n) is 2.72. The van der Waals surface area contributed by atoms with Crippen molar-refractivity contribution in [2.45, 2.75) is 0 Å². The van der Waals surface area contributed by atoms with Crippen LogP contribution in [0.15, 0.2) is 71.8 Å². The van der Waals surface area contributed by atoms with Crippen molar-refractivity contribution in [2.75, 3.05) is 6.61 Å². The average molecular weight is 481 g/mol. The van der Waals surface area contributed by atoms with Gasteiger partial charge in [-0.05, 0) is 29.8 Å². The summed E-state index contributed by atoms with van der Waals surface area (Å²) in [4.78, 5) is 42.8. The average Bonchev–Trinajstić information content (AvgIpc) is 2.83. The van der Waals surface area contributed by atoms with E-state index in [4.69, 9.17) is 9.47 Å². The third kappa shape index (κ3) is 6.55. The Labute approximate surface area is 195 Å². The van der Waals surface area contributed by atoms with E-state index in [-0.39, 0.29) is 22.9 Å². The number of ether oxygens (including phenoxy) is 2. The standard InChI is InChI=1S/C21H15N5O9/c27-21(13-34-19-7-2-1-6-17(19)25(30)31)23-22-12-14-4-3-5-16(10-14)35-20-9-8-15(24(28)29)11-18(20)26(32)33/h1-12H,13H2,(H,23,27)/b22-12+. The van der Waals surface area contributed by atoms with Gasteiger partial charge in [0, 0.05) is 12.1 Å². The molecule has 0 aliphatic heterocycles. The number of hydrazone groups is 1. The monoisotopic (exact) mass is 481 g/mol. The lowest BCUT2D eigenvalue weighted by Crippen LogP contribution is -2.24. The van der Waals surface area contributed by atoms with Gasteiger partial charge in [0.1, 0.15) is 5.75 Å².